The van der Waals surface area contributed by atoms with Crippen molar-refractivity contribution < 1.29 is 14.3 Å². The van der Waals surface area contributed by atoms with Gasteiger partial charge in [0.05, 0.1) is 5.56 Å². The van der Waals surface area contributed by atoms with Gasteiger partial charge in [0.2, 0.25) is 0 Å². The molecule has 0 saturated heterocycles. The van der Waals surface area contributed by atoms with Gasteiger partial charge in [0.1, 0.15) is 0 Å². The van der Waals surface area contributed by atoms with Crippen LogP contribution in [-0.2, 0) is 9.53 Å². The number of hydrogen-bond donors (Lipinski definition) is 1. The fourth-order valence-corrected chi connectivity index (χ4v) is 2.16. The Morgan fingerprint density at radius 2 is 1.95 bits per heavy atom. The van der Waals surface area contributed by atoms with Gasteiger partial charge in [-0.05, 0) is 31.9 Å². The van der Waals surface area contributed by atoms with E-state index in [0.717, 1.165) is 25.7 Å². The van der Waals surface area contributed by atoms with Crippen LogP contribution in [0.15, 0.2) is 24.5 Å². The van der Waals surface area contributed by atoms with Crippen LogP contribution in [0.1, 0.15) is 43.0 Å². The molecular weight excluding hydrogens is 244 g/mol. The van der Waals surface area contributed by atoms with Crippen molar-refractivity contribution in [3.63, 3.8) is 0 Å². The number of hydrogen-bond acceptors (Lipinski definition) is 4. The van der Waals surface area contributed by atoms with E-state index in [0.29, 0.717) is 5.56 Å². The minimum atomic E-state index is -0.777. The molecule has 5 heteroatoms. The Balaban J connectivity index is 1.84. The topological polar surface area (TPSA) is 68.3 Å². The average molecular weight is 262 g/mol. The van der Waals surface area contributed by atoms with E-state index in [4.69, 9.17) is 4.74 Å². The van der Waals surface area contributed by atoms with Crippen molar-refractivity contribution >= 4 is 11.9 Å². The van der Waals surface area contributed by atoms with Crippen molar-refractivity contribution in [3.8, 4) is 0 Å². The predicted molar refractivity (Wildman–Crippen MR) is 69.5 cm³/mol. The Morgan fingerprint density at radius 3 is 2.58 bits per heavy atom. The second kappa shape index (κ2) is 6.31. The lowest BCUT2D eigenvalue weighted by Gasteiger charge is -2.17. The smallest absolute Gasteiger partial charge is 0.339 e. The van der Waals surface area contributed by atoms with E-state index in [1.165, 1.54) is 12.4 Å². The van der Waals surface area contributed by atoms with Crippen LogP contribution in [0, 0.1) is 0 Å². The number of ether oxygens (including phenoxy) is 1. The molecule has 1 fully saturated rings. The van der Waals surface area contributed by atoms with Crippen LogP contribution < -0.4 is 5.32 Å². The minimum absolute atomic E-state index is 0.227. The molecule has 0 unspecified atom stereocenters. The maximum Gasteiger partial charge on any atom is 0.339 e. The lowest BCUT2D eigenvalue weighted by Crippen LogP contribution is -2.40. The number of rotatable bonds is 4. The fourth-order valence-electron chi connectivity index (χ4n) is 2.16. The summed E-state index contributed by atoms with van der Waals surface area (Å²) in [5.41, 5.74) is 0.399. The maximum atomic E-state index is 11.9. The van der Waals surface area contributed by atoms with Crippen LogP contribution >= 0.6 is 0 Å². The van der Waals surface area contributed by atoms with E-state index < -0.39 is 12.1 Å². The zero-order chi connectivity index (χ0) is 13.7. The summed E-state index contributed by atoms with van der Waals surface area (Å²) in [6, 6.07) is 3.35. The third kappa shape index (κ3) is 3.77. The maximum absolute atomic E-state index is 11.9. The van der Waals surface area contributed by atoms with Crippen molar-refractivity contribution in [1.29, 1.82) is 0 Å². The molecule has 1 aromatic heterocycles. The number of aromatic nitrogens is 1. The van der Waals surface area contributed by atoms with Gasteiger partial charge in [-0.3, -0.25) is 9.78 Å². The Morgan fingerprint density at radius 1 is 1.32 bits per heavy atom. The summed E-state index contributed by atoms with van der Waals surface area (Å²) >= 11 is 0. The normalized spacial score (nSPS) is 16.9. The number of carbonyl (C=O) groups excluding carboxylic acids is 2. The molecule has 1 heterocycles. The van der Waals surface area contributed by atoms with Gasteiger partial charge in [-0.15, -0.1) is 0 Å². The van der Waals surface area contributed by atoms with Gasteiger partial charge in [0.25, 0.3) is 5.91 Å². The molecule has 1 aliphatic carbocycles. The van der Waals surface area contributed by atoms with Crippen molar-refractivity contribution in [2.24, 2.45) is 0 Å². The molecule has 0 aliphatic heterocycles. The number of carbonyl (C=O) groups is 2. The average Bonchev–Trinajstić information content (AvgIpc) is 2.92. The third-order valence-electron chi connectivity index (χ3n) is 3.27. The fraction of sp³-hybridized carbons (Fsp3) is 0.500. The summed E-state index contributed by atoms with van der Waals surface area (Å²) in [5.74, 6) is -0.731. The number of nitrogens with one attached hydrogen (secondary N) is 1. The van der Waals surface area contributed by atoms with Gasteiger partial charge in [-0.2, -0.15) is 0 Å². The summed E-state index contributed by atoms with van der Waals surface area (Å²) in [4.78, 5) is 27.5. The molecular formula is C14H18N2O3. The summed E-state index contributed by atoms with van der Waals surface area (Å²) in [6.45, 7) is 1.59. The monoisotopic (exact) mass is 262 g/mol. The first-order chi connectivity index (χ1) is 9.16. The summed E-state index contributed by atoms with van der Waals surface area (Å²) in [5, 5.41) is 2.91. The first-order valence-corrected chi connectivity index (χ1v) is 6.58. The van der Waals surface area contributed by atoms with Gasteiger partial charge in [0.15, 0.2) is 6.10 Å². The van der Waals surface area contributed by atoms with E-state index >= 15 is 0 Å². The molecule has 1 aliphatic rings. The number of pyridine rings is 1. The van der Waals surface area contributed by atoms with Crippen molar-refractivity contribution in [3.05, 3.63) is 30.1 Å². The van der Waals surface area contributed by atoms with E-state index in [-0.39, 0.29) is 11.9 Å². The highest BCUT2D eigenvalue weighted by molar-refractivity contribution is 5.92. The molecule has 1 amide bonds. The molecule has 19 heavy (non-hydrogen) atoms. The van der Waals surface area contributed by atoms with Gasteiger partial charge < -0.3 is 10.1 Å². The molecule has 0 bridgehead atoms. The zero-order valence-electron chi connectivity index (χ0n) is 11.0. The molecule has 102 valence electrons. The number of nitrogens with zero attached hydrogens (tertiary/aromatic N) is 1. The summed E-state index contributed by atoms with van der Waals surface area (Å²) < 4.78 is 5.13. The highest BCUT2D eigenvalue weighted by Crippen LogP contribution is 2.17. The minimum Gasteiger partial charge on any atom is -0.449 e. The molecule has 0 radical (unpaired) electrons. The van der Waals surface area contributed by atoms with Crippen LogP contribution in [0.25, 0.3) is 0 Å². The predicted octanol–water partition coefficient (Wildman–Crippen LogP) is 1.69. The summed E-state index contributed by atoms with van der Waals surface area (Å²) in [7, 11) is 0. The Bertz CT molecular complexity index is 441. The lowest BCUT2D eigenvalue weighted by atomic mass is 10.2. The van der Waals surface area contributed by atoms with Crippen LogP contribution in [0.5, 0.6) is 0 Å². The Labute approximate surface area is 112 Å². The SMILES string of the molecule is C[C@@H](OC(=O)c1ccncc1)C(=O)NC1CCCC1. The molecule has 0 aromatic carbocycles. The Hall–Kier alpha value is -1.91. The van der Waals surface area contributed by atoms with Gasteiger partial charge in [-0.25, -0.2) is 4.79 Å². The second-order valence-corrected chi connectivity index (χ2v) is 4.77. The van der Waals surface area contributed by atoms with Crippen molar-refractivity contribution in [2.45, 2.75) is 44.8 Å². The van der Waals surface area contributed by atoms with E-state index in [1.807, 2.05) is 0 Å². The number of amides is 1. The van der Waals surface area contributed by atoms with Gasteiger partial charge in [0, 0.05) is 18.4 Å². The van der Waals surface area contributed by atoms with E-state index in [2.05, 4.69) is 10.3 Å². The summed E-state index contributed by atoms with van der Waals surface area (Å²) in [6.07, 6.45) is 6.57. The molecule has 1 atom stereocenters. The molecule has 5 nitrogen and oxygen atoms in total. The van der Waals surface area contributed by atoms with Crippen LogP contribution in [0.2, 0.25) is 0 Å². The van der Waals surface area contributed by atoms with Crippen LogP contribution in [0.3, 0.4) is 0 Å². The van der Waals surface area contributed by atoms with Crippen LogP contribution in [-0.4, -0.2) is 29.0 Å². The molecule has 1 N–H and O–H groups in total. The quantitative estimate of drug-likeness (QED) is 0.838. The first-order valence-electron chi connectivity index (χ1n) is 6.58. The molecule has 2 rings (SSSR count). The lowest BCUT2D eigenvalue weighted by molar-refractivity contribution is -0.129. The highest BCUT2D eigenvalue weighted by Gasteiger charge is 2.23. The second-order valence-electron chi connectivity index (χ2n) is 4.77. The zero-order valence-corrected chi connectivity index (χ0v) is 11.0. The van der Waals surface area contributed by atoms with Gasteiger partial charge in [-0.1, -0.05) is 12.8 Å². The largest absolute Gasteiger partial charge is 0.449 e. The van der Waals surface area contributed by atoms with Crippen molar-refractivity contribution in [1.82, 2.24) is 10.3 Å². The number of esters is 1. The standard InChI is InChI=1S/C14H18N2O3/c1-10(13(17)16-12-4-2-3-5-12)19-14(18)11-6-8-15-9-7-11/h6-10,12H,2-5H2,1H3,(H,16,17)/t10-/m1/s1. The van der Waals surface area contributed by atoms with E-state index in [1.54, 1.807) is 19.1 Å². The molecule has 0 spiro atoms. The van der Waals surface area contributed by atoms with Crippen LogP contribution in [0.4, 0.5) is 0 Å². The Kier molecular flexibility index (Phi) is 4.49. The van der Waals surface area contributed by atoms with Crippen molar-refractivity contribution in [2.75, 3.05) is 0 Å². The first kappa shape index (κ1) is 13.5. The third-order valence-corrected chi connectivity index (χ3v) is 3.27. The van der Waals surface area contributed by atoms with Gasteiger partial charge >= 0.3 is 5.97 Å². The highest BCUT2D eigenvalue weighted by atomic mass is 16.5. The molecule has 1 saturated carbocycles. The van der Waals surface area contributed by atoms with E-state index in [9.17, 15) is 9.59 Å². The molecule has 1 aromatic rings.